The Morgan fingerprint density at radius 2 is 1.89 bits per heavy atom. The zero-order chi connectivity index (χ0) is 19.9. The highest BCUT2D eigenvalue weighted by Crippen LogP contribution is 2.29. The highest BCUT2D eigenvalue weighted by atomic mass is 16.5. The molecule has 1 aromatic heterocycles. The van der Waals surface area contributed by atoms with E-state index in [9.17, 15) is 4.79 Å². The molecule has 144 valence electrons. The third-order valence-electron chi connectivity index (χ3n) is 4.10. The van der Waals surface area contributed by atoms with Gasteiger partial charge in [0.2, 0.25) is 0 Å². The molecule has 3 rings (SSSR count). The molecule has 0 radical (unpaired) electrons. The lowest BCUT2D eigenvalue weighted by molar-refractivity contribution is 0.102. The van der Waals surface area contributed by atoms with E-state index >= 15 is 0 Å². The molecule has 3 aromatic rings. The third kappa shape index (κ3) is 4.76. The fraction of sp³-hybridized carbons (Fsp3) is 0.190. The monoisotopic (exact) mass is 378 g/mol. The summed E-state index contributed by atoms with van der Waals surface area (Å²) < 4.78 is 10.4. The molecule has 0 fully saturated rings. The van der Waals surface area contributed by atoms with E-state index in [1.165, 1.54) is 25.1 Å². The van der Waals surface area contributed by atoms with Crippen LogP contribution in [0.3, 0.4) is 0 Å². The van der Waals surface area contributed by atoms with Gasteiger partial charge in [-0.1, -0.05) is 29.8 Å². The van der Waals surface area contributed by atoms with Crippen LogP contribution in [0.1, 0.15) is 21.6 Å². The lowest BCUT2D eigenvalue weighted by Crippen LogP contribution is -2.15. The van der Waals surface area contributed by atoms with Gasteiger partial charge in [-0.25, -0.2) is 9.97 Å². The summed E-state index contributed by atoms with van der Waals surface area (Å²) in [5, 5.41) is 5.97. The first kappa shape index (κ1) is 19.2. The first-order chi connectivity index (χ1) is 13.6. The number of hydrogen-bond acceptors (Lipinski definition) is 6. The maximum Gasteiger partial charge on any atom is 0.275 e. The summed E-state index contributed by atoms with van der Waals surface area (Å²) in [4.78, 5) is 20.9. The van der Waals surface area contributed by atoms with Crippen molar-refractivity contribution in [3.63, 3.8) is 0 Å². The van der Waals surface area contributed by atoms with Gasteiger partial charge in [0.05, 0.1) is 32.3 Å². The molecule has 1 heterocycles. The molecule has 0 aliphatic heterocycles. The van der Waals surface area contributed by atoms with E-state index in [0.29, 0.717) is 29.5 Å². The highest BCUT2D eigenvalue weighted by Gasteiger charge is 2.12. The van der Waals surface area contributed by atoms with Crippen molar-refractivity contribution in [1.29, 1.82) is 0 Å². The Morgan fingerprint density at radius 1 is 1.04 bits per heavy atom. The zero-order valence-electron chi connectivity index (χ0n) is 16.0. The van der Waals surface area contributed by atoms with Crippen molar-refractivity contribution in [3.8, 4) is 11.5 Å². The van der Waals surface area contributed by atoms with Gasteiger partial charge >= 0.3 is 0 Å². The summed E-state index contributed by atoms with van der Waals surface area (Å²) in [6.45, 7) is 2.68. The van der Waals surface area contributed by atoms with E-state index in [4.69, 9.17) is 9.47 Å². The number of methoxy groups -OCH3 is 2. The van der Waals surface area contributed by atoms with Gasteiger partial charge in [0.15, 0.2) is 0 Å². The van der Waals surface area contributed by atoms with Crippen LogP contribution < -0.4 is 20.1 Å². The molecule has 0 atom stereocenters. The predicted molar refractivity (Wildman–Crippen MR) is 108 cm³/mol. The Morgan fingerprint density at radius 3 is 2.57 bits per heavy atom. The number of carbonyl (C=O) groups excluding carboxylic acids is 1. The first-order valence-electron chi connectivity index (χ1n) is 8.74. The largest absolute Gasteiger partial charge is 0.497 e. The standard InChI is InChI=1S/C21H22N4O3/c1-14-5-4-6-15(9-14)11-23-20-13-22-18(12-24-20)21(26)25-17-8-7-16(27-2)10-19(17)28-3/h4-10,12-13H,11H2,1-3H3,(H,23,24)(H,25,26). The molecule has 0 saturated heterocycles. The van der Waals surface area contributed by atoms with Crippen molar-refractivity contribution >= 4 is 17.4 Å². The van der Waals surface area contributed by atoms with Crippen LogP contribution >= 0.6 is 0 Å². The van der Waals surface area contributed by atoms with Crippen molar-refractivity contribution in [2.75, 3.05) is 24.9 Å². The van der Waals surface area contributed by atoms with E-state index in [1.54, 1.807) is 25.3 Å². The van der Waals surface area contributed by atoms with E-state index in [0.717, 1.165) is 5.56 Å². The topological polar surface area (TPSA) is 85.4 Å². The van der Waals surface area contributed by atoms with Crippen LogP contribution in [0, 0.1) is 6.92 Å². The van der Waals surface area contributed by atoms with Gasteiger partial charge in [0.1, 0.15) is 23.0 Å². The summed E-state index contributed by atoms with van der Waals surface area (Å²) in [5.41, 5.74) is 3.08. The van der Waals surface area contributed by atoms with Crippen LogP contribution in [-0.2, 0) is 6.54 Å². The summed E-state index contributed by atoms with van der Waals surface area (Å²) in [6.07, 6.45) is 2.97. The second-order valence-corrected chi connectivity index (χ2v) is 6.15. The predicted octanol–water partition coefficient (Wildman–Crippen LogP) is 3.67. The minimum atomic E-state index is -0.374. The molecule has 2 aromatic carbocycles. The number of nitrogens with one attached hydrogen (secondary N) is 2. The normalized spacial score (nSPS) is 10.2. The Balaban J connectivity index is 1.63. The number of amides is 1. The minimum Gasteiger partial charge on any atom is -0.497 e. The molecule has 28 heavy (non-hydrogen) atoms. The number of anilines is 2. The van der Waals surface area contributed by atoms with Crippen molar-refractivity contribution in [3.05, 3.63) is 71.7 Å². The molecule has 7 nitrogen and oxygen atoms in total. The summed E-state index contributed by atoms with van der Waals surface area (Å²) in [7, 11) is 3.09. The van der Waals surface area contributed by atoms with Crippen molar-refractivity contribution in [2.45, 2.75) is 13.5 Å². The minimum absolute atomic E-state index is 0.207. The number of ether oxygens (including phenoxy) is 2. The molecule has 7 heteroatoms. The highest BCUT2D eigenvalue weighted by molar-refractivity contribution is 6.03. The number of aromatic nitrogens is 2. The van der Waals surface area contributed by atoms with Gasteiger partial charge in [-0.15, -0.1) is 0 Å². The van der Waals surface area contributed by atoms with E-state index in [-0.39, 0.29) is 11.6 Å². The lowest BCUT2D eigenvalue weighted by Gasteiger charge is -2.11. The molecule has 0 spiro atoms. The molecule has 0 bridgehead atoms. The fourth-order valence-electron chi connectivity index (χ4n) is 2.64. The Labute approximate surface area is 163 Å². The molecule has 2 N–H and O–H groups in total. The first-order valence-corrected chi connectivity index (χ1v) is 8.74. The second kappa shape index (κ2) is 8.85. The van der Waals surface area contributed by atoms with Gasteiger partial charge in [-0.05, 0) is 24.6 Å². The van der Waals surface area contributed by atoms with Crippen molar-refractivity contribution in [1.82, 2.24) is 9.97 Å². The second-order valence-electron chi connectivity index (χ2n) is 6.15. The van der Waals surface area contributed by atoms with Crippen LogP contribution in [0.2, 0.25) is 0 Å². The van der Waals surface area contributed by atoms with Crippen LogP contribution in [-0.4, -0.2) is 30.1 Å². The maximum atomic E-state index is 12.4. The lowest BCUT2D eigenvalue weighted by atomic mass is 10.1. The summed E-state index contributed by atoms with van der Waals surface area (Å²) >= 11 is 0. The Kier molecular flexibility index (Phi) is 6.06. The average Bonchev–Trinajstić information content (AvgIpc) is 2.73. The molecule has 0 aliphatic rings. The smallest absolute Gasteiger partial charge is 0.275 e. The third-order valence-corrected chi connectivity index (χ3v) is 4.10. The summed E-state index contributed by atoms with van der Waals surface area (Å²) in [5.74, 6) is 1.36. The van der Waals surface area contributed by atoms with Crippen LogP contribution in [0.15, 0.2) is 54.9 Å². The van der Waals surface area contributed by atoms with Crippen LogP contribution in [0.5, 0.6) is 11.5 Å². The Bertz CT molecular complexity index is 958. The number of rotatable bonds is 7. The molecule has 0 saturated carbocycles. The molecule has 1 amide bonds. The molecule has 0 aliphatic carbocycles. The van der Waals surface area contributed by atoms with Crippen LogP contribution in [0.4, 0.5) is 11.5 Å². The van der Waals surface area contributed by atoms with Gasteiger partial charge in [0.25, 0.3) is 5.91 Å². The van der Waals surface area contributed by atoms with Gasteiger partial charge in [0, 0.05) is 12.6 Å². The average molecular weight is 378 g/mol. The van der Waals surface area contributed by atoms with E-state index < -0.39 is 0 Å². The van der Waals surface area contributed by atoms with Crippen LogP contribution in [0.25, 0.3) is 0 Å². The zero-order valence-corrected chi connectivity index (χ0v) is 16.0. The number of aryl methyl sites for hydroxylation is 1. The Hall–Kier alpha value is -3.61. The number of nitrogens with zero attached hydrogens (tertiary/aromatic N) is 2. The van der Waals surface area contributed by atoms with Gasteiger partial charge < -0.3 is 20.1 Å². The summed E-state index contributed by atoms with van der Waals surface area (Å²) in [6, 6.07) is 13.3. The van der Waals surface area contributed by atoms with E-state index in [1.807, 2.05) is 12.1 Å². The number of benzene rings is 2. The quantitative estimate of drug-likeness (QED) is 0.653. The maximum absolute atomic E-state index is 12.4. The number of hydrogen-bond donors (Lipinski definition) is 2. The SMILES string of the molecule is COc1ccc(NC(=O)c2cnc(NCc3cccc(C)c3)cn2)c(OC)c1. The van der Waals surface area contributed by atoms with Crippen molar-refractivity contribution in [2.24, 2.45) is 0 Å². The fourth-order valence-corrected chi connectivity index (χ4v) is 2.64. The molecular formula is C21H22N4O3. The van der Waals surface area contributed by atoms with E-state index in [2.05, 4.69) is 39.7 Å². The molecular weight excluding hydrogens is 356 g/mol. The van der Waals surface area contributed by atoms with Gasteiger partial charge in [-0.2, -0.15) is 0 Å². The van der Waals surface area contributed by atoms with Crippen molar-refractivity contribution < 1.29 is 14.3 Å². The van der Waals surface area contributed by atoms with Gasteiger partial charge in [-0.3, -0.25) is 4.79 Å². The molecule has 0 unspecified atom stereocenters. The number of carbonyl (C=O) groups is 1.